The van der Waals surface area contributed by atoms with Gasteiger partial charge in [-0.05, 0) is 42.4 Å². The Bertz CT molecular complexity index is 447. The van der Waals surface area contributed by atoms with Gasteiger partial charge in [0.05, 0.1) is 12.5 Å². The fraction of sp³-hybridized carbons (Fsp3) is 0.500. The molecule has 18 heavy (non-hydrogen) atoms. The van der Waals surface area contributed by atoms with Crippen molar-refractivity contribution in [3.8, 4) is 0 Å². The molecule has 2 unspecified atom stereocenters. The van der Waals surface area contributed by atoms with Crippen molar-refractivity contribution >= 4 is 17.5 Å². The molecule has 0 radical (unpaired) electrons. The molecule has 2 aliphatic carbocycles. The van der Waals surface area contributed by atoms with Crippen LogP contribution < -0.4 is 5.32 Å². The maximum absolute atomic E-state index is 11.9. The number of benzene rings is 1. The van der Waals surface area contributed by atoms with Crippen LogP contribution in [0.3, 0.4) is 0 Å². The van der Waals surface area contributed by atoms with Gasteiger partial charge in [0, 0.05) is 11.1 Å². The van der Waals surface area contributed by atoms with Gasteiger partial charge in [0.15, 0.2) is 0 Å². The highest BCUT2D eigenvalue weighted by molar-refractivity contribution is 6.30. The standard InChI is InChI=1S/C14H16ClNO2/c15-9-3-1-8(2-4-9)5-13(18)16-14-11-6-10(17)7-12(11)14/h1-4,10-12,14,17H,5-7H2,(H,16,18)/t10?,11-,12+,14?. The van der Waals surface area contributed by atoms with E-state index in [9.17, 15) is 9.90 Å². The fourth-order valence-electron chi connectivity index (χ4n) is 3.05. The Labute approximate surface area is 111 Å². The van der Waals surface area contributed by atoms with Crippen LogP contribution in [0.15, 0.2) is 24.3 Å². The SMILES string of the molecule is O=C(Cc1ccc(Cl)cc1)NC1[C@H]2CC(O)C[C@@H]12. The predicted octanol–water partition coefficient (Wildman–Crippen LogP) is 1.77. The van der Waals surface area contributed by atoms with Crippen LogP contribution in [0.2, 0.25) is 5.02 Å². The lowest BCUT2D eigenvalue weighted by Gasteiger charge is -2.10. The quantitative estimate of drug-likeness (QED) is 0.875. The van der Waals surface area contributed by atoms with Gasteiger partial charge in [-0.25, -0.2) is 0 Å². The van der Waals surface area contributed by atoms with Gasteiger partial charge < -0.3 is 10.4 Å². The van der Waals surface area contributed by atoms with Gasteiger partial charge in [0.2, 0.25) is 5.91 Å². The molecule has 0 bridgehead atoms. The van der Waals surface area contributed by atoms with Crippen LogP contribution in [0.5, 0.6) is 0 Å². The number of nitrogens with one attached hydrogen (secondary N) is 1. The van der Waals surface area contributed by atoms with Crippen molar-refractivity contribution in [3.05, 3.63) is 34.9 Å². The number of halogens is 1. The third kappa shape index (κ3) is 2.38. The van der Waals surface area contributed by atoms with Crippen LogP contribution in [0.25, 0.3) is 0 Å². The Hall–Kier alpha value is -1.06. The number of carbonyl (C=O) groups excluding carboxylic acids is 1. The van der Waals surface area contributed by atoms with Crippen molar-refractivity contribution in [2.75, 3.05) is 0 Å². The van der Waals surface area contributed by atoms with E-state index in [1.165, 1.54) is 0 Å². The number of carbonyl (C=O) groups is 1. The molecule has 0 aromatic heterocycles. The first-order chi connectivity index (χ1) is 8.63. The van der Waals surface area contributed by atoms with Crippen LogP contribution in [-0.2, 0) is 11.2 Å². The van der Waals surface area contributed by atoms with Crippen molar-refractivity contribution in [2.24, 2.45) is 11.8 Å². The van der Waals surface area contributed by atoms with E-state index < -0.39 is 0 Å². The summed E-state index contributed by atoms with van der Waals surface area (Å²) in [5, 5.41) is 13.2. The van der Waals surface area contributed by atoms with E-state index in [0.717, 1.165) is 18.4 Å². The van der Waals surface area contributed by atoms with E-state index in [1.54, 1.807) is 12.1 Å². The van der Waals surface area contributed by atoms with Gasteiger partial charge >= 0.3 is 0 Å². The van der Waals surface area contributed by atoms with Crippen LogP contribution in [0.1, 0.15) is 18.4 Å². The second-order valence-corrected chi connectivity index (χ2v) is 5.79. The Balaban J connectivity index is 1.50. The van der Waals surface area contributed by atoms with Gasteiger partial charge in [0.25, 0.3) is 0 Å². The number of fused-ring (bicyclic) bond motifs is 1. The first-order valence-corrected chi connectivity index (χ1v) is 6.73. The lowest BCUT2D eigenvalue weighted by Crippen LogP contribution is -2.31. The van der Waals surface area contributed by atoms with Crippen LogP contribution >= 0.6 is 11.6 Å². The molecule has 3 rings (SSSR count). The molecule has 0 heterocycles. The van der Waals surface area contributed by atoms with Gasteiger partial charge in [-0.15, -0.1) is 0 Å². The molecule has 4 atom stereocenters. The first-order valence-electron chi connectivity index (χ1n) is 6.35. The molecule has 4 heteroatoms. The molecule has 1 aromatic rings. The van der Waals surface area contributed by atoms with E-state index in [1.807, 2.05) is 12.1 Å². The summed E-state index contributed by atoms with van der Waals surface area (Å²) in [5.41, 5.74) is 0.975. The van der Waals surface area contributed by atoms with Crippen molar-refractivity contribution in [3.63, 3.8) is 0 Å². The topological polar surface area (TPSA) is 49.3 Å². The number of hydrogen-bond donors (Lipinski definition) is 2. The highest BCUT2D eigenvalue weighted by atomic mass is 35.5. The summed E-state index contributed by atoms with van der Waals surface area (Å²) in [4.78, 5) is 11.9. The van der Waals surface area contributed by atoms with Gasteiger partial charge in [-0.1, -0.05) is 23.7 Å². The Morgan fingerprint density at radius 3 is 2.50 bits per heavy atom. The molecular formula is C14H16ClNO2. The molecule has 2 aliphatic rings. The normalized spacial score (nSPS) is 33.0. The molecule has 0 spiro atoms. The van der Waals surface area contributed by atoms with E-state index in [4.69, 9.17) is 11.6 Å². The summed E-state index contributed by atoms with van der Waals surface area (Å²) in [6.07, 6.45) is 1.94. The van der Waals surface area contributed by atoms with Crippen molar-refractivity contribution < 1.29 is 9.90 Å². The monoisotopic (exact) mass is 265 g/mol. The van der Waals surface area contributed by atoms with E-state index in [2.05, 4.69) is 5.32 Å². The van der Waals surface area contributed by atoms with Crippen LogP contribution in [-0.4, -0.2) is 23.2 Å². The predicted molar refractivity (Wildman–Crippen MR) is 69.3 cm³/mol. The number of aliphatic hydroxyl groups is 1. The van der Waals surface area contributed by atoms with Gasteiger partial charge in [0.1, 0.15) is 0 Å². The highest BCUT2D eigenvalue weighted by Gasteiger charge is 2.56. The molecule has 1 amide bonds. The van der Waals surface area contributed by atoms with Crippen molar-refractivity contribution in [2.45, 2.75) is 31.4 Å². The Morgan fingerprint density at radius 2 is 1.89 bits per heavy atom. The average Bonchev–Trinajstić information content (AvgIpc) is 2.79. The third-order valence-corrected chi connectivity index (χ3v) is 4.28. The van der Waals surface area contributed by atoms with E-state index in [-0.39, 0.29) is 12.0 Å². The number of hydrogen-bond acceptors (Lipinski definition) is 2. The highest BCUT2D eigenvalue weighted by Crippen LogP contribution is 2.51. The third-order valence-electron chi connectivity index (χ3n) is 4.03. The summed E-state index contributed by atoms with van der Waals surface area (Å²) >= 11 is 5.80. The molecule has 2 N–H and O–H groups in total. The molecule has 0 aliphatic heterocycles. The zero-order valence-corrected chi connectivity index (χ0v) is 10.7. The zero-order chi connectivity index (χ0) is 12.7. The zero-order valence-electron chi connectivity index (χ0n) is 9.97. The van der Waals surface area contributed by atoms with Gasteiger partial charge in [-0.2, -0.15) is 0 Å². The first kappa shape index (κ1) is 12.0. The summed E-state index contributed by atoms with van der Waals surface area (Å²) in [6.45, 7) is 0. The molecule has 96 valence electrons. The number of amides is 1. The molecule has 2 fully saturated rings. The van der Waals surface area contributed by atoms with E-state index in [0.29, 0.717) is 29.3 Å². The lowest BCUT2D eigenvalue weighted by molar-refractivity contribution is -0.120. The molecular weight excluding hydrogens is 250 g/mol. The second-order valence-electron chi connectivity index (χ2n) is 5.35. The maximum Gasteiger partial charge on any atom is 0.224 e. The fourth-order valence-corrected chi connectivity index (χ4v) is 3.18. The Morgan fingerprint density at radius 1 is 1.28 bits per heavy atom. The Kier molecular flexibility index (Phi) is 3.04. The van der Waals surface area contributed by atoms with Gasteiger partial charge in [-0.3, -0.25) is 4.79 Å². The smallest absolute Gasteiger partial charge is 0.224 e. The lowest BCUT2D eigenvalue weighted by atomic mass is 10.1. The molecule has 0 saturated heterocycles. The molecule has 2 saturated carbocycles. The van der Waals surface area contributed by atoms with E-state index >= 15 is 0 Å². The summed E-state index contributed by atoms with van der Waals surface area (Å²) in [5.74, 6) is 1.08. The average molecular weight is 266 g/mol. The summed E-state index contributed by atoms with van der Waals surface area (Å²) in [7, 11) is 0. The minimum atomic E-state index is -0.149. The number of aliphatic hydroxyl groups excluding tert-OH is 1. The van der Waals surface area contributed by atoms with Crippen LogP contribution in [0, 0.1) is 11.8 Å². The van der Waals surface area contributed by atoms with Crippen molar-refractivity contribution in [1.82, 2.24) is 5.32 Å². The van der Waals surface area contributed by atoms with Crippen molar-refractivity contribution in [1.29, 1.82) is 0 Å². The second kappa shape index (κ2) is 4.56. The summed E-state index contributed by atoms with van der Waals surface area (Å²) in [6, 6.07) is 7.64. The number of rotatable bonds is 3. The molecule has 3 nitrogen and oxygen atoms in total. The van der Waals surface area contributed by atoms with Crippen LogP contribution in [0.4, 0.5) is 0 Å². The minimum Gasteiger partial charge on any atom is -0.393 e. The minimum absolute atomic E-state index is 0.0613. The molecule has 1 aromatic carbocycles. The summed E-state index contributed by atoms with van der Waals surface area (Å²) < 4.78 is 0. The largest absolute Gasteiger partial charge is 0.393 e. The maximum atomic E-state index is 11.9.